The van der Waals surface area contributed by atoms with Gasteiger partial charge in [0, 0.05) is 24.2 Å². The second kappa shape index (κ2) is 13.7. The Morgan fingerprint density at radius 3 is 1.30 bits per heavy atom. The van der Waals surface area contributed by atoms with Crippen molar-refractivity contribution in [3.63, 3.8) is 0 Å². The van der Waals surface area contributed by atoms with E-state index in [1.165, 1.54) is 0 Å². The van der Waals surface area contributed by atoms with E-state index in [1.807, 2.05) is 36.4 Å². The lowest BCUT2D eigenvalue weighted by Gasteiger charge is -2.22. The number of amides is 2. The van der Waals surface area contributed by atoms with Crippen molar-refractivity contribution >= 4 is 45.4 Å². The van der Waals surface area contributed by atoms with Crippen LogP contribution in [-0.2, 0) is 9.59 Å². The molecule has 9 rings (SSSR count). The summed E-state index contributed by atoms with van der Waals surface area (Å²) >= 11 is 0. The van der Waals surface area contributed by atoms with Crippen molar-refractivity contribution in [3.05, 3.63) is 144 Å². The van der Waals surface area contributed by atoms with Crippen molar-refractivity contribution in [2.24, 2.45) is 0 Å². The summed E-state index contributed by atoms with van der Waals surface area (Å²) < 4.78 is 0. The number of Topliss-reactive ketones (excluding diaryl/α,β-unsaturated/α-hetero) is 2. The largest absolute Gasteiger partial charge is 0.340 e. The standard InChI is InChI=1S/C44H36N6O4/c51-39(29-9-3-1-4-10-29)43(53)49-23-7-13-37(49)41-45-33-21-19-31(25-35(33)47-41)27-15-17-28(18-16-27)32-20-22-34-36(26-32)48-42(46-34)38-14-8-24-50(38)44(54)40(52)30-11-5-2-6-12-30/h1-6,9-12,15-22,25-26,37-38H,7-8,13-14,23-24H2,(H,45,47)(H,46,48). The Morgan fingerprint density at radius 2 is 0.889 bits per heavy atom. The number of H-pyrrole nitrogens is 2. The summed E-state index contributed by atoms with van der Waals surface area (Å²) in [5.41, 5.74) is 8.27. The predicted octanol–water partition coefficient (Wildman–Crippen LogP) is 7.87. The maximum atomic E-state index is 13.2. The van der Waals surface area contributed by atoms with Gasteiger partial charge in [0.2, 0.25) is 11.6 Å². The Bertz CT molecular complexity index is 2380. The molecule has 10 heteroatoms. The van der Waals surface area contributed by atoms with E-state index in [1.54, 1.807) is 58.3 Å². The highest BCUT2D eigenvalue weighted by Gasteiger charge is 2.37. The van der Waals surface area contributed by atoms with Crippen LogP contribution in [-0.4, -0.2) is 66.2 Å². The zero-order valence-corrected chi connectivity index (χ0v) is 29.4. The maximum absolute atomic E-state index is 13.2. The van der Waals surface area contributed by atoms with Gasteiger partial charge < -0.3 is 19.8 Å². The van der Waals surface area contributed by atoms with Crippen LogP contribution in [0.15, 0.2) is 121 Å². The Hall–Kier alpha value is -6.68. The van der Waals surface area contributed by atoms with Gasteiger partial charge in [0.25, 0.3) is 11.8 Å². The number of benzene rings is 5. The van der Waals surface area contributed by atoms with Crippen molar-refractivity contribution < 1.29 is 19.2 Å². The normalized spacial score (nSPS) is 17.0. The average molecular weight is 713 g/mol. The highest BCUT2D eigenvalue weighted by Crippen LogP contribution is 2.35. The molecule has 0 radical (unpaired) electrons. The van der Waals surface area contributed by atoms with E-state index < -0.39 is 23.4 Å². The molecule has 2 aromatic heterocycles. The number of imidazole rings is 2. The van der Waals surface area contributed by atoms with Crippen LogP contribution >= 0.6 is 0 Å². The minimum absolute atomic E-state index is 0.285. The Kier molecular flexibility index (Phi) is 8.42. The number of fused-ring (bicyclic) bond motifs is 2. The van der Waals surface area contributed by atoms with Crippen molar-refractivity contribution in [1.29, 1.82) is 0 Å². The molecule has 2 saturated heterocycles. The molecule has 7 aromatic rings. The van der Waals surface area contributed by atoms with Gasteiger partial charge in [-0.2, -0.15) is 0 Å². The van der Waals surface area contributed by atoms with Crippen molar-refractivity contribution in [2.75, 3.05) is 13.1 Å². The fourth-order valence-corrected chi connectivity index (χ4v) is 7.86. The number of nitrogens with zero attached hydrogens (tertiary/aromatic N) is 4. The van der Waals surface area contributed by atoms with Crippen LogP contribution in [0.4, 0.5) is 0 Å². The van der Waals surface area contributed by atoms with Crippen LogP contribution in [0.1, 0.15) is 70.1 Å². The van der Waals surface area contributed by atoms with Gasteiger partial charge in [-0.25, -0.2) is 9.97 Å². The van der Waals surface area contributed by atoms with Crippen LogP contribution in [0.5, 0.6) is 0 Å². The van der Waals surface area contributed by atoms with E-state index in [-0.39, 0.29) is 12.1 Å². The molecule has 0 saturated carbocycles. The van der Waals surface area contributed by atoms with Crippen LogP contribution in [0.25, 0.3) is 44.3 Å². The molecular formula is C44H36N6O4. The predicted molar refractivity (Wildman–Crippen MR) is 206 cm³/mol. The number of aromatic nitrogens is 4. The van der Waals surface area contributed by atoms with Gasteiger partial charge in [-0.3, -0.25) is 19.2 Å². The van der Waals surface area contributed by atoms with Gasteiger partial charge in [-0.15, -0.1) is 0 Å². The fourth-order valence-electron chi connectivity index (χ4n) is 7.86. The molecule has 54 heavy (non-hydrogen) atoms. The highest BCUT2D eigenvalue weighted by atomic mass is 16.2. The number of rotatable bonds is 8. The second-order valence-corrected chi connectivity index (χ2v) is 14.0. The lowest BCUT2D eigenvalue weighted by Crippen LogP contribution is -2.36. The van der Waals surface area contributed by atoms with E-state index in [4.69, 9.17) is 9.97 Å². The van der Waals surface area contributed by atoms with Gasteiger partial charge in [-0.05, 0) is 72.2 Å². The summed E-state index contributed by atoms with van der Waals surface area (Å²) in [5, 5.41) is 0. The van der Waals surface area contributed by atoms with Gasteiger partial charge in [0.05, 0.1) is 34.2 Å². The van der Waals surface area contributed by atoms with Crippen molar-refractivity contribution in [2.45, 2.75) is 37.8 Å². The van der Waals surface area contributed by atoms with E-state index in [0.29, 0.717) is 35.9 Å². The van der Waals surface area contributed by atoms with Gasteiger partial charge in [0.15, 0.2) is 0 Å². The molecule has 0 bridgehead atoms. The summed E-state index contributed by atoms with van der Waals surface area (Å²) in [7, 11) is 0. The molecular weight excluding hydrogens is 677 g/mol. The number of ketones is 2. The molecule has 0 aliphatic carbocycles. The smallest absolute Gasteiger partial charge is 0.295 e. The molecule has 2 N–H and O–H groups in total. The number of nitrogens with one attached hydrogen (secondary N) is 2. The number of carbonyl (C=O) groups is 4. The molecule has 5 aromatic carbocycles. The first kappa shape index (κ1) is 33.2. The Labute approximate surface area is 310 Å². The Morgan fingerprint density at radius 1 is 0.500 bits per heavy atom. The summed E-state index contributed by atoms with van der Waals surface area (Å²) in [4.78, 5) is 72.2. The molecule has 2 amide bonds. The molecule has 10 nitrogen and oxygen atoms in total. The van der Waals surface area contributed by atoms with Crippen LogP contribution < -0.4 is 0 Å². The summed E-state index contributed by atoms with van der Waals surface area (Å²) in [6.45, 7) is 1.03. The first-order chi connectivity index (χ1) is 26.4. The van der Waals surface area contributed by atoms with Crippen LogP contribution in [0, 0.1) is 0 Å². The average Bonchev–Trinajstić information content (AvgIpc) is 4.05. The molecule has 2 aliphatic heterocycles. The molecule has 0 spiro atoms. The first-order valence-electron chi connectivity index (χ1n) is 18.3. The number of aromatic amines is 2. The maximum Gasteiger partial charge on any atom is 0.295 e. The zero-order chi connectivity index (χ0) is 36.8. The van der Waals surface area contributed by atoms with Gasteiger partial charge in [0.1, 0.15) is 11.6 Å². The third-order valence-corrected chi connectivity index (χ3v) is 10.7. The third-order valence-electron chi connectivity index (χ3n) is 10.7. The number of likely N-dealkylation sites (tertiary alicyclic amines) is 2. The molecule has 2 atom stereocenters. The van der Waals surface area contributed by atoms with Gasteiger partial charge >= 0.3 is 0 Å². The van der Waals surface area contributed by atoms with Crippen molar-refractivity contribution in [3.8, 4) is 22.3 Å². The van der Waals surface area contributed by atoms with Gasteiger partial charge in [-0.1, -0.05) is 97.1 Å². The number of hydrogen-bond acceptors (Lipinski definition) is 6. The molecule has 2 aliphatic rings. The fraction of sp³-hybridized carbons (Fsp3) is 0.182. The third kappa shape index (κ3) is 6.05. The van der Waals surface area contributed by atoms with E-state index in [9.17, 15) is 19.2 Å². The minimum atomic E-state index is -0.499. The number of hydrogen-bond donors (Lipinski definition) is 2. The first-order valence-corrected chi connectivity index (χ1v) is 18.3. The zero-order valence-electron chi connectivity index (χ0n) is 29.4. The monoisotopic (exact) mass is 712 g/mol. The SMILES string of the molecule is O=C(C(=O)N1CCCC1c1nc2ccc(-c3ccc(-c4ccc5nc(C6CCCN6C(=O)C(=O)c6ccccc6)[nH]c5c4)cc3)cc2[nH]1)c1ccccc1. The lowest BCUT2D eigenvalue weighted by atomic mass is 10.00. The number of carbonyl (C=O) groups excluding carboxylic acids is 4. The molecule has 266 valence electrons. The lowest BCUT2D eigenvalue weighted by molar-refractivity contribution is -0.128. The highest BCUT2D eigenvalue weighted by molar-refractivity contribution is 6.43. The molecule has 2 fully saturated rings. The summed E-state index contributed by atoms with van der Waals surface area (Å²) in [6.07, 6.45) is 3.09. The summed E-state index contributed by atoms with van der Waals surface area (Å²) in [6, 6.07) is 37.4. The topological polar surface area (TPSA) is 132 Å². The van der Waals surface area contributed by atoms with E-state index in [2.05, 4.69) is 46.4 Å². The van der Waals surface area contributed by atoms with E-state index in [0.717, 1.165) is 70.0 Å². The molecule has 2 unspecified atom stereocenters. The van der Waals surface area contributed by atoms with Crippen LogP contribution in [0.3, 0.4) is 0 Å². The van der Waals surface area contributed by atoms with Crippen LogP contribution in [0.2, 0.25) is 0 Å². The quantitative estimate of drug-likeness (QED) is 0.122. The second-order valence-electron chi connectivity index (χ2n) is 14.0. The van der Waals surface area contributed by atoms with E-state index >= 15 is 0 Å². The molecule has 4 heterocycles. The minimum Gasteiger partial charge on any atom is -0.340 e. The summed E-state index contributed by atoms with van der Waals surface area (Å²) in [5.74, 6) is -0.618. The Balaban J connectivity index is 0.912. The van der Waals surface area contributed by atoms with Crippen molar-refractivity contribution in [1.82, 2.24) is 29.7 Å².